The third-order valence-electron chi connectivity index (χ3n) is 3.55. The summed E-state index contributed by atoms with van der Waals surface area (Å²) in [6.45, 7) is 6.75. The molecular weight excluding hydrogens is 244 g/mol. The molecule has 3 rings (SSSR count). The van der Waals surface area contributed by atoms with Crippen LogP contribution in [-0.4, -0.2) is 9.97 Å². The van der Waals surface area contributed by atoms with Gasteiger partial charge in [-0.2, -0.15) is 0 Å². The van der Waals surface area contributed by atoms with Crippen LogP contribution in [-0.2, 0) is 5.41 Å². The minimum Gasteiger partial charge on any atom is -0.245 e. The highest BCUT2D eigenvalue weighted by molar-refractivity contribution is 5.90. The van der Waals surface area contributed by atoms with E-state index in [-0.39, 0.29) is 5.41 Å². The molecule has 2 aromatic carbocycles. The highest BCUT2D eigenvalue weighted by Gasteiger charge is 2.18. The second-order valence-corrected chi connectivity index (χ2v) is 6.09. The van der Waals surface area contributed by atoms with Gasteiger partial charge in [0.1, 0.15) is 6.33 Å². The molecule has 0 atom stereocenters. The molecule has 0 spiro atoms. The summed E-state index contributed by atoms with van der Waals surface area (Å²) < 4.78 is 0. The van der Waals surface area contributed by atoms with Crippen LogP contribution >= 0.6 is 0 Å². The van der Waals surface area contributed by atoms with Gasteiger partial charge in [0.2, 0.25) is 0 Å². The number of nitrogens with zero attached hydrogens (tertiary/aromatic N) is 2. The van der Waals surface area contributed by atoms with Gasteiger partial charge < -0.3 is 0 Å². The summed E-state index contributed by atoms with van der Waals surface area (Å²) in [5.74, 6) is 0. The Kier molecular flexibility index (Phi) is 3.01. The van der Waals surface area contributed by atoms with Crippen molar-refractivity contribution in [3.8, 4) is 11.3 Å². The third kappa shape index (κ3) is 2.29. The van der Waals surface area contributed by atoms with Crippen LogP contribution in [0.25, 0.3) is 22.0 Å². The van der Waals surface area contributed by atoms with Gasteiger partial charge in [-0.05, 0) is 39.9 Å². The molecule has 0 aliphatic heterocycles. The van der Waals surface area contributed by atoms with E-state index in [0.717, 1.165) is 11.3 Å². The van der Waals surface area contributed by atoms with Gasteiger partial charge in [0.25, 0.3) is 0 Å². The lowest BCUT2D eigenvalue weighted by Gasteiger charge is -2.22. The van der Waals surface area contributed by atoms with Crippen molar-refractivity contribution in [3.63, 3.8) is 0 Å². The number of rotatable bonds is 1. The first kappa shape index (κ1) is 12.8. The smallest absolute Gasteiger partial charge is 0.116 e. The summed E-state index contributed by atoms with van der Waals surface area (Å²) in [4.78, 5) is 8.36. The first-order chi connectivity index (χ1) is 9.55. The molecule has 0 unspecified atom stereocenters. The molecule has 0 amide bonds. The molecular formula is C18H18N2. The fourth-order valence-corrected chi connectivity index (χ4v) is 2.54. The maximum absolute atomic E-state index is 4.37. The highest BCUT2D eigenvalue weighted by atomic mass is 14.8. The molecule has 0 aliphatic carbocycles. The average molecular weight is 262 g/mol. The maximum atomic E-state index is 4.37. The van der Waals surface area contributed by atoms with Crippen molar-refractivity contribution >= 4 is 10.8 Å². The Morgan fingerprint density at radius 1 is 0.950 bits per heavy atom. The molecule has 2 heteroatoms. The van der Waals surface area contributed by atoms with Crippen LogP contribution < -0.4 is 0 Å². The predicted molar refractivity (Wildman–Crippen MR) is 83.7 cm³/mol. The molecule has 0 N–H and O–H groups in total. The van der Waals surface area contributed by atoms with Crippen molar-refractivity contribution in [3.05, 3.63) is 60.6 Å². The minimum absolute atomic E-state index is 0.0998. The molecule has 0 radical (unpaired) electrons. The summed E-state index contributed by atoms with van der Waals surface area (Å²) in [6, 6.07) is 14.9. The van der Waals surface area contributed by atoms with E-state index in [2.05, 4.69) is 67.1 Å². The topological polar surface area (TPSA) is 25.8 Å². The molecule has 0 aliphatic rings. The molecule has 2 nitrogen and oxygen atoms in total. The van der Waals surface area contributed by atoms with E-state index in [4.69, 9.17) is 0 Å². The van der Waals surface area contributed by atoms with Crippen LogP contribution in [0.5, 0.6) is 0 Å². The van der Waals surface area contributed by atoms with E-state index < -0.39 is 0 Å². The summed E-state index contributed by atoms with van der Waals surface area (Å²) in [5.41, 5.74) is 3.57. The maximum Gasteiger partial charge on any atom is 0.116 e. The Balaban J connectivity index is 2.31. The summed E-state index contributed by atoms with van der Waals surface area (Å²) in [5, 5.41) is 2.58. The zero-order valence-electron chi connectivity index (χ0n) is 12.1. The van der Waals surface area contributed by atoms with Crippen LogP contribution in [0.15, 0.2) is 55.0 Å². The first-order valence-electron chi connectivity index (χ1n) is 6.85. The van der Waals surface area contributed by atoms with Crippen molar-refractivity contribution in [1.29, 1.82) is 0 Å². The molecule has 100 valence electrons. The molecule has 0 fully saturated rings. The lowest BCUT2D eigenvalue weighted by molar-refractivity contribution is 0.596. The lowest BCUT2D eigenvalue weighted by atomic mass is 9.82. The summed E-state index contributed by atoms with van der Waals surface area (Å²) in [7, 11) is 0. The normalized spacial score (nSPS) is 11.8. The van der Waals surface area contributed by atoms with Crippen molar-refractivity contribution in [1.82, 2.24) is 9.97 Å². The molecule has 20 heavy (non-hydrogen) atoms. The van der Waals surface area contributed by atoms with Crippen LogP contribution in [0.1, 0.15) is 26.3 Å². The number of fused-ring (bicyclic) bond motifs is 1. The summed E-state index contributed by atoms with van der Waals surface area (Å²) in [6.07, 6.45) is 3.38. The van der Waals surface area contributed by atoms with Crippen LogP contribution in [0.2, 0.25) is 0 Å². The van der Waals surface area contributed by atoms with Gasteiger partial charge in [0, 0.05) is 11.8 Å². The SMILES string of the molecule is CC(C)(C)c1cc(-c2ccncn2)cc2ccccc12. The van der Waals surface area contributed by atoms with Gasteiger partial charge in [-0.25, -0.2) is 9.97 Å². The number of hydrogen-bond donors (Lipinski definition) is 0. The Morgan fingerprint density at radius 2 is 1.75 bits per heavy atom. The van der Waals surface area contributed by atoms with Crippen LogP contribution in [0, 0.1) is 0 Å². The zero-order valence-corrected chi connectivity index (χ0v) is 12.1. The van der Waals surface area contributed by atoms with Gasteiger partial charge in [0.15, 0.2) is 0 Å². The van der Waals surface area contributed by atoms with Gasteiger partial charge in [-0.1, -0.05) is 45.0 Å². The van der Waals surface area contributed by atoms with Gasteiger partial charge >= 0.3 is 0 Å². The van der Waals surface area contributed by atoms with Crippen molar-refractivity contribution in [2.75, 3.05) is 0 Å². The van der Waals surface area contributed by atoms with Gasteiger partial charge in [-0.3, -0.25) is 0 Å². The Labute approximate surface area is 119 Å². The number of benzene rings is 2. The van der Waals surface area contributed by atoms with E-state index in [0.29, 0.717) is 0 Å². The highest BCUT2D eigenvalue weighted by Crippen LogP contribution is 2.33. The Hall–Kier alpha value is -2.22. The number of hydrogen-bond acceptors (Lipinski definition) is 2. The van der Waals surface area contributed by atoms with E-state index in [1.165, 1.54) is 16.3 Å². The van der Waals surface area contributed by atoms with E-state index in [1.54, 1.807) is 12.5 Å². The second-order valence-electron chi connectivity index (χ2n) is 6.09. The fourth-order valence-electron chi connectivity index (χ4n) is 2.54. The second kappa shape index (κ2) is 4.71. The minimum atomic E-state index is 0.0998. The van der Waals surface area contributed by atoms with Crippen LogP contribution in [0.3, 0.4) is 0 Å². The fraction of sp³-hybridized carbons (Fsp3) is 0.222. The molecule has 3 aromatic rings. The predicted octanol–water partition coefficient (Wildman–Crippen LogP) is 4.59. The Morgan fingerprint density at radius 3 is 2.45 bits per heavy atom. The average Bonchev–Trinajstić information content (AvgIpc) is 2.46. The standard InChI is InChI=1S/C18H18N2/c1-18(2,3)16-11-14(17-8-9-19-12-20-17)10-13-6-4-5-7-15(13)16/h4-12H,1-3H3. The lowest BCUT2D eigenvalue weighted by Crippen LogP contribution is -2.12. The molecule has 0 saturated carbocycles. The van der Waals surface area contributed by atoms with Crippen molar-refractivity contribution < 1.29 is 0 Å². The van der Waals surface area contributed by atoms with Gasteiger partial charge in [0.05, 0.1) is 5.69 Å². The van der Waals surface area contributed by atoms with Crippen LogP contribution in [0.4, 0.5) is 0 Å². The molecule has 0 saturated heterocycles. The largest absolute Gasteiger partial charge is 0.245 e. The quantitative estimate of drug-likeness (QED) is 0.640. The number of aromatic nitrogens is 2. The third-order valence-corrected chi connectivity index (χ3v) is 3.55. The van der Waals surface area contributed by atoms with E-state index in [1.807, 2.05) is 6.07 Å². The first-order valence-corrected chi connectivity index (χ1v) is 6.85. The zero-order chi connectivity index (χ0) is 14.2. The molecule has 1 heterocycles. The van der Waals surface area contributed by atoms with Crippen molar-refractivity contribution in [2.45, 2.75) is 26.2 Å². The van der Waals surface area contributed by atoms with E-state index in [9.17, 15) is 0 Å². The molecule has 0 bridgehead atoms. The summed E-state index contributed by atoms with van der Waals surface area (Å²) >= 11 is 0. The monoisotopic (exact) mass is 262 g/mol. The molecule has 1 aromatic heterocycles. The van der Waals surface area contributed by atoms with Gasteiger partial charge in [-0.15, -0.1) is 0 Å². The Bertz CT molecular complexity index is 740. The van der Waals surface area contributed by atoms with Crippen molar-refractivity contribution in [2.24, 2.45) is 0 Å². The van der Waals surface area contributed by atoms with E-state index >= 15 is 0 Å².